The van der Waals surface area contributed by atoms with Crippen LogP contribution in [-0.2, 0) is 24.5 Å². The lowest BCUT2D eigenvalue weighted by Gasteiger charge is -2.29. The van der Waals surface area contributed by atoms with Crippen LogP contribution < -0.4 is 0 Å². The SMILES string of the molecule is COCCN(CCC(=O)OC)S(=O)(=O)N(C)C(C)C. The van der Waals surface area contributed by atoms with Crippen LogP contribution >= 0.6 is 0 Å². The number of carbonyl (C=O) groups is 1. The minimum atomic E-state index is -3.60. The molecule has 0 atom stereocenters. The van der Waals surface area contributed by atoms with Gasteiger partial charge < -0.3 is 9.47 Å². The Bertz CT molecular complexity index is 369. The summed E-state index contributed by atoms with van der Waals surface area (Å²) in [7, 11) is 0.686. The zero-order valence-electron chi connectivity index (χ0n) is 12.2. The molecule has 0 unspecified atom stereocenters. The molecule has 0 aromatic carbocycles. The molecule has 0 saturated carbocycles. The molecule has 8 heteroatoms. The van der Waals surface area contributed by atoms with Crippen molar-refractivity contribution in [2.45, 2.75) is 26.3 Å². The first-order valence-electron chi connectivity index (χ1n) is 6.06. The van der Waals surface area contributed by atoms with Gasteiger partial charge in [-0.05, 0) is 13.8 Å². The number of carbonyl (C=O) groups excluding carboxylic acids is 1. The van der Waals surface area contributed by atoms with E-state index >= 15 is 0 Å². The Balaban J connectivity index is 4.86. The molecular formula is C11H24N2O5S. The van der Waals surface area contributed by atoms with Gasteiger partial charge in [0.2, 0.25) is 0 Å². The average molecular weight is 296 g/mol. The number of ether oxygens (including phenoxy) is 2. The van der Waals surface area contributed by atoms with Crippen molar-refractivity contribution in [3.05, 3.63) is 0 Å². The lowest BCUT2D eigenvalue weighted by molar-refractivity contribution is -0.140. The third-order valence-corrected chi connectivity index (χ3v) is 4.92. The summed E-state index contributed by atoms with van der Waals surface area (Å²) in [6, 6.07) is -0.159. The van der Waals surface area contributed by atoms with E-state index in [0.29, 0.717) is 0 Å². The molecule has 114 valence electrons. The molecule has 0 heterocycles. The van der Waals surface area contributed by atoms with Crippen molar-refractivity contribution in [3.8, 4) is 0 Å². The molecule has 0 N–H and O–H groups in total. The molecule has 0 rings (SSSR count). The smallest absolute Gasteiger partial charge is 0.306 e. The summed E-state index contributed by atoms with van der Waals surface area (Å²) < 4.78 is 36.6. The molecule has 0 radical (unpaired) electrons. The molecule has 0 saturated heterocycles. The van der Waals surface area contributed by atoms with E-state index in [2.05, 4.69) is 4.74 Å². The van der Waals surface area contributed by atoms with Crippen LogP contribution in [-0.4, -0.2) is 70.0 Å². The number of nitrogens with zero attached hydrogens (tertiary/aromatic N) is 2. The zero-order chi connectivity index (χ0) is 15.1. The van der Waals surface area contributed by atoms with Crippen molar-refractivity contribution in [2.75, 3.05) is 41.0 Å². The first-order valence-corrected chi connectivity index (χ1v) is 7.45. The van der Waals surface area contributed by atoms with Gasteiger partial charge in [0.15, 0.2) is 0 Å². The second-order valence-electron chi connectivity index (χ2n) is 4.34. The highest BCUT2D eigenvalue weighted by Crippen LogP contribution is 2.10. The van der Waals surface area contributed by atoms with E-state index in [1.807, 2.05) is 0 Å². The molecule has 0 amide bonds. The molecule has 0 bridgehead atoms. The summed E-state index contributed by atoms with van der Waals surface area (Å²) in [5, 5.41) is 0. The highest BCUT2D eigenvalue weighted by atomic mass is 32.2. The van der Waals surface area contributed by atoms with Crippen LogP contribution in [0.15, 0.2) is 0 Å². The summed E-state index contributed by atoms with van der Waals surface area (Å²) in [5.74, 6) is -0.440. The Morgan fingerprint density at radius 1 is 1.21 bits per heavy atom. The van der Waals surface area contributed by atoms with E-state index in [1.54, 1.807) is 13.8 Å². The van der Waals surface area contributed by atoms with Crippen molar-refractivity contribution in [2.24, 2.45) is 0 Å². The van der Waals surface area contributed by atoms with Crippen molar-refractivity contribution < 1.29 is 22.7 Å². The summed E-state index contributed by atoms with van der Waals surface area (Å²) in [5.41, 5.74) is 0. The fourth-order valence-electron chi connectivity index (χ4n) is 1.30. The Labute approximate surface area is 115 Å². The molecule has 0 aromatic rings. The molecule has 0 fully saturated rings. The van der Waals surface area contributed by atoms with Crippen molar-refractivity contribution in [3.63, 3.8) is 0 Å². The molecule has 0 aliphatic heterocycles. The van der Waals surface area contributed by atoms with Gasteiger partial charge in [0.05, 0.1) is 20.1 Å². The number of hydrogen-bond acceptors (Lipinski definition) is 5. The van der Waals surface area contributed by atoms with Gasteiger partial charge in [-0.15, -0.1) is 0 Å². The van der Waals surface area contributed by atoms with Crippen LogP contribution in [0.25, 0.3) is 0 Å². The summed E-state index contributed by atoms with van der Waals surface area (Å²) in [6.45, 7) is 4.12. The normalized spacial score (nSPS) is 12.4. The van der Waals surface area contributed by atoms with Crippen LogP contribution in [0.5, 0.6) is 0 Å². The fraction of sp³-hybridized carbons (Fsp3) is 0.909. The first-order chi connectivity index (χ1) is 8.77. The van der Waals surface area contributed by atoms with Crippen LogP contribution in [0.1, 0.15) is 20.3 Å². The molecule has 0 aromatic heterocycles. The van der Waals surface area contributed by atoms with E-state index in [-0.39, 0.29) is 32.2 Å². The maximum atomic E-state index is 12.3. The Morgan fingerprint density at radius 3 is 2.21 bits per heavy atom. The fourth-order valence-corrected chi connectivity index (χ4v) is 2.83. The second-order valence-corrected chi connectivity index (χ2v) is 6.32. The lowest BCUT2D eigenvalue weighted by atomic mass is 10.4. The zero-order valence-corrected chi connectivity index (χ0v) is 13.1. The van der Waals surface area contributed by atoms with Gasteiger partial charge in [-0.2, -0.15) is 17.0 Å². The summed E-state index contributed by atoms with van der Waals surface area (Å²) >= 11 is 0. The van der Waals surface area contributed by atoms with Gasteiger partial charge in [-0.3, -0.25) is 4.79 Å². The second kappa shape index (κ2) is 8.47. The standard InChI is InChI=1S/C11H24N2O5S/c1-10(2)12(3)19(15,16)13(8-9-17-4)7-6-11(14)18-5/h10H,6-9H2,1-5H3. The van der Waals surface area contributed by atoms with Gasteiger partial charge in [-0.25, -0.2) is 0 Å². The number of esters is 1. The van der Waals surface area contributed by atoms with Gasteiger partial charge in [0.1, 0.15) is 0 Å². The van der Waals surface area contributed by atoms with Crippen molar-refractivity contribution >= 4 is 16.2 Å². The van der Waals surface area contributed by atoms with Crippen molar-refractivity contribution in [1.82, 2.24) is 8.61 Å². The molecule has 0 spiro atoms. The Hall–Kier alpha value is -0.700. The van der Waals surface area contributed by atoms with E-state index < -0.39 is 16.2 Å². The number of hydrogen-bond donors (Lipinski definition) is 0. The molecule has 0 aliphatic carbocycles. The monoisotopic (exact) mass is 296 g/mol. The highest BCUT2D eigenvalue weighted by Gasteiger charge is 2.28. The van der Waals surface area contributed by atoms with Crippen LogP contribution in [0.2, 0.25) is 0 Å². The lowest BCUT2D eigenvalue weighted by Crippen LogP contribution is -2.46. The van der Waals surface area contributed by atoms with E-state index in [4.69, 9.17) is 4.74 Å². The maximum absolute atomic E-state index is 12.3. The predicted octanol–water partition coefficient (Wildman–Crippen LogP) is 0.0829. The van der Waals surface area contributed by atoms with Crippen molar-refractivity contribution in [1.29, 1.82) is 0 Å². The Kier molecular flexibility index (Phi) is 8.15. The van der Waals surface area contributed by atoms with Gasteiger partial charge in [0, 0.05) is 33.3 Å². The predicted molar refractivity (Wildman–Crippen MR) is 71.9 cm³/mol. The third-order valence-electron chi connectivity index (χ3n) is 2.76. The summed E-state index contributed by atoms with van der Waals surface area (Å²) in [4.78, 5) is 11.1. The molecule has 7 nitrogen and oxygen atoms in total. The first kappa shape index (κ1) is 18.3. The number of methoxy groups -OCH3 is 2. The van der Waals surface area contributed by atoms with Gasteiger partial charge in [-0.1, -0.05) is 0 Å². The minimum absolute atomic E-state index is 0.0192. The maximum Gasteiger partial charge on any atom is 0.306 e. The van der Waals surface area contributed by atoms with Crippen LogP contribution in [0.4, 0.5) is 0 Å². The van der Waals surface area contributed by atoms with Crippen LogP contribution in [0, 0.1) is 0 Å². The van der Waals surface area contributed by atoms with E-state index in [9.17, 15) is 13.2 Å². The molecule has 0 aliphatic rings. The topological polar surface area (TPSA) is 76.1 Å². The van der Waals surface area contributed by atoms with Gasteiger partial charge >= 0.3 is 5.97 Å². The summed E-state index contributed by atoms with van der Waals surface area (Å²) in [6.07, 6.45) is 0.0192. The van der Waals surface area contributed by atoms with Crippen LogP contribution in [0.3, 0.4) is 0 Å². The molecular weight excluding hydrogens is 272 g/mol. The Morgan fingerprint density at radius 2 is 1.79 bits per heavy atom. The largest absolute Gasteiger partial charge is 0.469 e. The van der Waals surface area contributed by atoms with Gasteiger partial charge in [0.25, 0.3) is 10.2 Å². The molecule has 19 heavy (non-hydrogen) atoms. The third kappa shape index (κ3) is 5.85. The minimum Gasteiger partial charge on any atom is -0.469 e. The van der Waals surface area contributed by atoms with E-state index in [1.165, 1.54) is 29.9 Å². The van der Waals surface area contributed by atoms with E-state index in [0.717, 1.165) is 0 Å². The average Bonchev–Trinajstić information content (AvgIpc) is 2.36. The number of rotatable bonds is 9. The highest BCUT2D eigenvalue weighted by molar-refractivity contribution is 7.86. The quantitative estimate of drug-likeness (QED) is 0.563.